The van der Waals surface area contributed by atoms with Crippen LogP contribution in [-0.4, -0.2) is 12.6 Å². The van der Waals surface area contributed by atoms with E-state index in [1.165, 1.54) is 19.4 Å². The van der Waals surface area contributed by atoms with Gasteiger partial charge in [-0.15, -0.1) is 0 Å². The summed E-state index contributed by atoms with van der Waals surface area (Å²) < 4.78 is 0. The summed E-state index contributed by atoms with van der Waals surface area (Å²) in [6.07, 6.45) is 7.29. The number of hydrogen-bond acceptors (Lipinski definition) is 1. The molecule has 2 unspecified atom stereocenters. The van der Waals surface area contributed by atoms with Crippen LogP contribution in [-0.2, 0) is 0 Å². The van der Waals surface area contributed by atoms with E-state index in [2.05, 4.69) is 17.5 Å². The minimum atomic E-state index is 0.824. The van der Waals surface area contributed by atoms with E-state index in [-0.39, 0.29) is 0 Å². The van der Waals surface area contributed by atoms with Crippen molar-refractivity contribution in [1.29, 1.82) is 0 Å². The smallest absolute Gasteiger partial charge is 0.0108 e. The van der Waals surface area contributed by atoms with E-state index in [4.69, 9.17) is 0 Å². The Morgan fingerprint density at radius 3 is 3.25 bits per heavy atom. The van der Waals surface area contributed by atoms with Crippen LogP contribution in [0.3, 0.4) is 0 Å². The fourth-order valence-corrected chi connectivity index (χ4v) is 1.61. The topological polar surface area (TPSA) is 12.0 Å². The number of hydrogen-bond donors (Lipinski definition) is 1. The van der Waals surface area contributed by atoms with Crippen molar-refractivity contribution in [3.8, 4) is 0 Å². The first kappa shape index (κ1) is 4.57. The predicted molar refractivity (Wildman–Crippen MR) is 33.7 cm³/mol. The monoisotopic (exact) mass is 109 g/mol. The summed E-state index contributed by atoms with van der Waals surface area (Å²) in [5.41, 5.74) is 0. The number of rotatable bonds is 0. The Balaban J connectivity index is 2.17. The quantitative estimate of drug-likeness (QED) is 0.456. The van der Waals surface area contributed by atoms with Crippen LogP contribution >= 0.6 is 0 Å². The Labute approximate surface area is 49.8 Å². The van der Waals surface area contributed by atoms with Crippen molar-refractivity contribution in [3.05, 3.63) is 12.2 Å². The third-order valence-corrected chi connectivity index (χ3v) is 2.08. The van der Waals surface area contributed by atoms with Crippen molar-refractivity contribution in [1.82, 2.24) is 5.32 Å². The van der Waals surface area contributed by atoms with Crippen LogP contribution in [0.1, 0.15) is 12.8 Å². The van der Waals surface area contributed by atoms with Gasteiger partial charge in [0.1, 0.15) is 0 Å². The van der Waals surface area contributed by atoms with Crippen LogP contribution in [0.25, 0.3) is 0 Å². The molecule has 1 heteroatoms. The molecule has 1 fully saturated rings. The average molecular weight is 109 g/mol. The zero-order valence-electron chi connectivity index (χ0n) is 4.93. The van der Waals surface area contributed by atoms with Crippen molar-refractivity contribution in [2.24, 2.45) is 5.92 Å². The first-order valence-electron chi connectivity index (χ1n) is 3.35. The van der Waals surface area contributed by atoms with Gasteiger partial charge in [-0.3, -0.25) is 0 Å². The zero-order valence-corrected chi connectivity index (χ0v) is 4.93. The standard InChI is InChI=1S/C7H11N/c1-2-6-4-7(3-1)8-5-6/h1-2,6-8H,3-5H2. The van der Waals surface area contributed by atoms with Crippen molar-refractivity contribution < 1.29 is 0 Å². The molecule has 1 heterocycles. The highest BCUT2D eigenvalue weighted by molar-refractivity contribution is 5.03. The molecule has 0 aromatic carbocycles. The minimum Gasteiger partial charge on any atom is -0.313 e. The molecule has 0 aromatic rings. The second-order valence-corrected chi connectivity index (χ2v) is 2.76. The fraction of sp³-hybridized carbons (Fsp3) is 0.714. The predicted octanol–water partition coefficient (Wildman–Crippen LogP) is 0.924. The number of nitrogens with one attached hydrogen (secondary N) is 1. The van der Waals surface area contributed by atoms with Gasteiger partial charge in [-0.2, -0.15) is 0 Å². The first-order chi connectivity index (χ1) is 3.95. The molecule has 0 aromatic heterocycles. The molecule has 2 aliphatic rings. The first-order valence-corrected chi connectivity index (χ1v) is 3.35. The van der Waals surface area contributed by atoms with E-state index >= 15 is 0 Å². The van der Waals surface area contributed by atoms with E-state index < -0.39 is 0 Å². The van der Waals surface area contributed by atoms with Gasteiger partial charge in [0.2, 0.25) is 0 Å². The van der Waals surface area contributed by atoms with Crippen LogP contribution < -0.4 is 5.32 Å². The van der Waals surface area contributed by atoms with Gasteiger partial charge in [0.15, 0.2) is 0 Å². The molecule has 1 saturated heterocycles. The summed E-state index contributed by atoms with van der Waals surface area (Å²) in [7, 11) is 0. The Kier molecular flexibility index (Phi) is 0.908. The van der Waals surface area contributed by atoms with Crippen molar-refractivity contribution in [2.45, 2.75) is 18.9 Å². The molecule has 1 N–H and O–H groups in total. The van der Waals surface area contributed by atoms with Gasteiger partial charge < -0.3 is 5.32 Å². The molecule has 1 aliphatic carbocycles. The third-order valence-electron chi connectivity index (χ3n) is 2.08. The van der Waals surface area contributed by atoms with E-state index in [0.717, 1.165) is 12.0 Å². The SMILES string of the molecule is C1=CC2CNC(C1)C2. The lowest BCUT2D eigenvalue weighted by molar-refractivity contribution is 0.587. The maximum Gasteiger partial charge on any atom is 0.0108 e. The van der Waals surface area contributed by atoms with Gasteiger partial charge >= 0.3 is 0 Å². The highest BCUT2D eigenvalue weighted by Gasteiger charge is 2.23. The molecular weight excluding hydrogens is 98.1 g/mol. The van der Waals surface area contributed by atoms with Gasteiger partial charge in [0.05, 0.1) is 0 Å². The van der Waals surface area contributed by atoms with Crippen LogP contribution in [0.4, 0.5) is 0 Å². The summed E-state index contributed by atoms with van der Waals surface area (Å²) in [5.74, 6) is 0.869. The normalized spacial score (nSPS) is 43.0. The fourth-order valence-electron chi connectivity index (χ4n) is 1.61. The molecule has 8 heavy (non-hydrogen) atoms. The van der Waals surface area contributed by atoms with Gasteiger partial charge in [0.25, 0.3) is 0 Å². The molecule has 1 nitrogen and oxygen atoms in total. The lowest BCUT2D eigenvalue weighted by Gasteiger charge is -2.09. The summed E-state index contributed by atoms with van der Waals surface area (Å²) in [6, 6.07) is 0.824. The molecule has 2 rings (SSSR count). The second-order valence-electron chi connectivity index (χ2n) is 2.76. The number of fused-ring (bicyclic) bond motifs is 2. The van der Waals surface area contributed by atoms with Crippen LogP contribution in [0.2, 0.25) is 0 Å². The van der Waals surface area contributed by atoms with Crippen molar-refractivity contribution >= 4 is 0 Å². The molecule has 2 atom stereocenters. The maximum atomic E-state index is 3.46. The molecule has 0 amide bonds. The van der Waals surface area contributed by atoms with E-state index in [1.807, 2.05) is 0 Å². The van der Waals surface area contributed by atoms with Gasteiger partial charge in [-0.05, 0) is 18.8 Å². The van der Waals surface area contributed by atoms with Gasteiger partial charge in [-0.1, -0.05) is 12.2 Å². The summed E-state index contributed by atoms with van der Waals surface area (Å²) in [6.45, 7) is 1.22. The van der Waals surface area contributed by atoms with Crippen LogP contribution in [0, 0.1) is 5.92 Å². The Morgan fingerprint density at radius 2 is 2.50 bits per heavy atom. The third kappa shape index (κ3) is 0.583. The molecule has 0 spiro atoms. The summed E-state index contributed by atoms with van der Waals surface area (Å²) >= 11 is 0. The molecule has 0 radical (unpaired) electrons. The van der Waals surface area contributed by atoms with Crippen LogP contribution in [0.15, 0.2) is 12.2 Å². The van der Waals surface area contributed by atoms with E-state index in [0.29, 0.717) is 0 Å². The lowest BCUT2D eigenvalue weighted by atomic mass is 9.98. The van der Waals surface area contributed by atoms with Gasteiger partial charge in [0, 0.05) is 12.6 Å². The molecule has 44 valence electrons. The summed E-state index contributed by atoms with van der Waals surface area (Å²) in [5, 5.41) is 3.46. The van der Waals surface area contributed by atoms with E-state index in [1.54, 1.807) is 0 Å². The zero-order chi connectivity index (χ0) is 5.40. The minimum absolute atomic E-state index is 0.824. The maximum absolute atomic E-state index is 3.46. The summed E-state index contributed by atoms with van der Waals surface area (Å²) in [4.78, 5) is 0. The van der Waals surface area contributed by atoms with E-state index in [9.17, 15) is 0 Å². The largest absolute Gasteiger partial charge is 0.313 e. The van der Waals surface area contributed by atoms with Crippen molar-refractivity contribution in [2.75, 3.05) is 6.54 Å². The average Bonchev–Trinajstić information content (AvgIpc) is 2.12. The molecule has 0 saturated carbocycles. The lowest BCUT2D eigenvalue weighted by Crippen LogP contribution is -2.19. The Bertz CT molecular complexity index is 118. The second kappa shape index (κ2) is 1.59. The molecule has 2 bridgehead atoms. The Morgan fingerprint density at radius 1 is 1.50 bits per heavy atom. The molecular formula is C7H11N. The Hall–Kier alpha value is -0.300. The molecule has 1 aliphatic heterocycles. The van der Waals surface area contributed by atoms with Crippen LogP contribution in [0.5, 0.6) is 0 Å². The van der Waals surface area contributed by atoms with Gasteiger partial charge in [-0.25, -0.2) is 0 Å². The highest BCUT2D eigenvalue weighted by atomic mass is 14.9. The van der Waals surface area contributed by atoms with Crippen molar-refractivity contribution in [3.63, 3.8) is 0 Å². The highest BCUT2D eigenvalue weighted by Crippen LogP contribution is 2.22.